The van der Waals surface area contributed by atoms with E-state index >= 15 is 0 Å². The fourth-order valence-electron chi connectivity index (χ4n) is 2.13. The highest BCUT2D eigenvalue weighted by molar-refractivity contribution is 7.15. The van der Waals surface area contributed by atoms with Crippen LogP contribution in [0.2, 0.25) is 10.0 Å². The molecule has 0 saturated carbocycles. The lowest BCUT2D eigenvalue weighted by atomic mass is 10.2. The van der Waals surface area contributed by atoms with Gasteiger partial charge in [-0.25, -0.2) is 0 Å². The molecule has 0 atom stereocenters. The Bertz CT molecular complexity index is 886. The van der Waals surface area contributed by atoms with Crippen molar-refractivity contribution in [3.63, 3.8) is 0 Å². The summed E-state index contributed by atoms with van der Waals surface area (Å²) < 4.78 is 11.0. The van der Waals surface area contributed by atoms with Crippen LogP contribution in [-0.4, -0.2) is 17.3 Å². The van der Waals surface area contributed by atoms with Gasteiger partial charge in [0.15, 0.2) is 5.01 Å². The largest absolute Gasteiger partial charge is 0.495 e. The normalized spacial score (nSPS) is 10.6. The zero-order chi connectivity index (χ0) is 17.8. The van der Waals surface area contributed by atoms with Crippen LogP contribution in [0.25, 0.3) is 0 Å². The van der Waals surface area contributed by atoms with Gasteiger partial charge in [0.25, 0.3) is 0 Å². The molecule has 0 bridgehead atoms. The van der Waals surface area contributed by atoms with Crippen molar-refractivity contribution in [1.82, 2.24) is 10.2 Å². The lowest BCUT2D eigenvalue weighted by molar-refractivity contribution is 0.305. The molecule has 5 nitrogen and oxygen atoms in total. The third-order valence-corrected chi connectivity index (χ3v) is 4.65. The van der Waals surface area contributed by atoms with Crippen LogP contribution < -0.4 is 14.8 Å². The lowest BCUT2D eigenvalue weighted by Gasteiger charge is -2.09. The number of aryl methyl sites for hydroxylation is 1. The maximum Gasteiger partial charge on any atom is 0.210 e. The van der Waals surface area contributed by atoms with E-state index in [0.29, 0.717) is 20.9 Å². The summed E-state index contributed by atoms with van der Waals surface area (Å²) in [6, 6.07) is 11.0. The standard InChI is InChI=1S/C17H15Cl2N3O2S/c1-10-3-5-15(23-2)13(7-10)20-17-22-21-16(25-17)9-24-14-6-4-11(18)8-12(14)19/h3-8H,9H2,1-2H3,(H,20,22). The number of aromatic nitrogens is 2. The Kier molecular flexibility index (Phi) is 5.63. The molecule has 0 unspecified atom stereocenters. The molecule has 1 N–H and O–H groups in total. The lowest BCUT2D eigenvalue weighted by Crippen LogP contribution is -1.95. The van der Waals surface area contributed by atoms with Gasteiger partial charge in [-0.1, -0.05) is 40.6 Å². The summed E-state index contributed by atoms with van der Waals surface area (Å²) in [4.78, 5) is 0. The second-order valence-electron chi connectivity index (χ2n) is 5.19. The molecule has 0 spiro atoms. The molecule has 25 heavy (non-hydrogen) atoms. The molecule has 0 saturated heterocycles. The van der Waals surface area contributed by atoms with Crippen molar-refractivity contribution in [2.24, 2.45) is 0 Å². The monoisotopic (exact) mass is 395 g/mol. The fraction of sp³-hybridized carbons (Fsp3) is 0.176. The Balaban J connectivity index is 1.67. The van der Waals surface area contributed by atoms with E-state index in [1.807, 2.05) is 25.1 Å². The first-order valence-corrected chi connectivity index (χ1v) is 8.94. The van der Waals surface area contributed by atoms with Gasteiger partial charge in [0.2, 0.25) is 5.13 Å². The van der Waals surface area contributed by atoms with Gasteiger partial charge in [-0.15, -0.1) is 10.2 Å². The fourth-order valence-corrected chi connectivity index (χ4v) is 3.26. The maximum atomic E-state index is 6.09. The van der Waals surface area contributed by atoms with Gasteiger partial charge < -0.3 is 14.8 Å². The van der Waals surface area contributed by atoms with E-state index in [-0.39, 0.29) is 6.61 Å². The van der Waals surface area contributed by atoms with Gasteiger partial charge in [0.05, 0.1) is 17.8 Å². The third kappa shape index (κ3) is 4.54. The van der Waals surface area contributed by atoms with Crippen molar-refractivity contribution in [3.05, 3.63) is 57.0 Å². The van der Waals surface area contributed by atoms with Crippen molar-refractivity contribution in [3.8, 4) is 11.5 Å². The molecule has 0 aliphatic heterocycles. The second-order valence-corrected chi connectivity index (χ2v) is 7.10. The molecule has 8 heteroatoms. The number of anilines is 2. The smallest absolute Gasteiger partial charge is 0.210 e. The molecule has 0 fully saturated rings. The number of hydrogen-bond acceptors (Lipinski definition) is 6. The van der Waals surface area contributed by atoms with Crippen LogP contribution in [0.3, 0.4) is 0 Å². The molecule has 1 heterocycles. The van der Waals surface area contributed by atoms with Gasteiger partial charge >= 0.3 is 0 Å². The molecule has 2 aromatic carbocycles. The van der Waals surface area contributed by atoms with Crippen LogP contribution in [0.4, 0.5) is 10.8 Å². The quantitative estimate of drug-likeness (QED) is 0.598. The predicted molar refractivity (Wildman–Crippen MR) is 102 cm³/mol. The zero-order valence-electron chi connectivity index (χ0n) is 13.5. The highest BCUT2D eigenvalue weighted by atomic mass is 35.5. The molecular formula is C17H15Cl2N3O2S. The van der Waals surface area contributed by atoms with Crippen LogP contribution in [0.1, 0.15) is 10.6 Å². The minimum Gasteiger partial charge on any atom is -0.495 e. The van der Waals surface area contributed by atoms with Crippen molar-refractivity contribution >= 4 is 45.4 Å². The maximum absolute atomic E-state index is 6.09. The second kappa shape index (κ2) is 7.91. The number of ether oxygens (including phenoxy) is 2. The van der Waals surface area contributed by atoms with Crippen molar-refractivity contribution < 1.29 is 9.47 Å². The van der Waals surface area contributed by atoms with Crippen molar-refractivity contribution in [2.75, 3.05) is 12.4 Å². The molecule has 0 aliphatic carbocycles. The number of rotatable bonds is 6. The summed E-state index contributed by atoms with van der Waals surface area (Å²) in [5.41, 5.74) is 1.96. The van der Waals surface area contributed by atoms with Crippen LogP contribution >= 0.6 is 34.5 Å². The number of methoxy groups -OCH3 is 1. The van der Waals surface area contributed by atoms with Crippen LogP contribution in [0.15, 0.2) is 36.4 Å². The Morgan fingerprint density at radius 2 is 1.88 bits per heavy atom. The minimum atomic E-state index is 0.269. The van der Waals surface area contributed by atoms with Crippen LogP contribution in [-0.2, 0) is 6.61 Å². The Hall–Kier alpha value is -2.02. The zero-order valence-corrected chi connectivity index (χ0v) is 15.9. The van der Waals surface area contributed by atoms with E-state index in [1.165, 1.54) is 11.3 Å². The summed E-state index contributed by atoms with van der Waals surface area (Å²) in [7, 11) is 1.63. The predicted octanol–water partition coefficient (Wildman–Crippen LogP) is 5.48. The summed E-state index contributed by atoms with van der Waals surface area (Å²) in [5.74, 6) is 1.29. The first-order valence-electron chi connectivity index (χ1n) is 7.37. The first-order chi connectivity index (χ1) is 12.0. The van der Waals surface area contributed by atoms with E-state index in [2.05, 4.69) is 15.5 Å². The average Bonchev–Trinajstić information content (AvgIpc) is 3.02. The highest BCUT2D eigenvalue weighted by Crippen LogP contribution is 2.31. The number of benzene rings is 2. The van der Waals surface area contributed by atoms with Gasteiger partial charge in [-0.2, -0.15) is 0 Å². The number of nitrogens with one attached hydrogen (secondary N) is 1. The molecule has 3 aromatic rings. The SMILES string of the molecule is COc1ccc(C)cc1Nc1nnc(COc2ccc(Cl)cc2Cl)s1. The average molecular weight is 396 g/mol. The summed E-state index contributed by atoms with van der Waals surface area (Å²) in [6.45, 7) is 2.28. The van der Waals surface area contributed by atoms with Gasteiger partial charge in [-0.3, -0.25) is 0 Å². The molecule has 130 valence electrons. The molecule has 1 aromatic heterocycles. The summed E-state index contributed by atoms with van der Waals surface area (Å²) >= 11 is 13.4. The van der Waals surface area contributed by atoms with E-state index in [1.54, 1.807) is 25.3 Å². The Labute approximate surface area is 159 Å². The van der Waals surface area contributed by atoms with Crippen molar-refractivity contribution in [1.29, 1.82) is 0 Å². The Morgan fingerprint density at radius 3 is 2.64 bits per heavy atom. The highest BCUT2D eigenvalue weighted by Gasteiger charge is 2.10. The van der Waals surface area contributed by atoms with E-state index < -0.39 is 0 Å². The molecule has 3 rings (SSSR count). The Morgan fingerprint density at radius 1 is 1.08 bits per heavy atom. The number of nitrogens with zero attached hydrogens (tertiary/aromatic N) is 2. The molecule has 0 aliphatic rings. The van der Waals surface area contributed by atoms with Crippen LogP contribution in [0, 0.1) is 6.92 Å². The van der Waals surface area contributed by atoms with Crippen LogP contribution in [0.5, 0.6) is 11.5 Å². The summed E-state index contributed by atoms with van der Waals surface area (Å²) in [6.07, 6.45) is 0. The third-order valence-electron chi connectivity index (χ3n) is 3.31. The minimum absolute atomic E-state index is 0.269. The molecular weight excluding hydrogens is 381 g/mol. The van der Waals surface area contributed by atoms with Gasteiger partial charge in [0, 0.05) is 5.02 Å². The molecule has 0 radical (unpaired) electrons. The first kappa shape index (κ1) is 17.8. The van der Waals surface area contributed by atoms with Gasteiger partial charge in [-0.05, 0) is 42.8 Å². The van der Waals surface area contributed by atoms with E-state index in [4.69, 9.17) is 32.7 Å². The van der Waals surface area contributed by atoms with Crippen molar-refractivity contribution in [2.45, 2.75) is 13.5 Å². The molecule has 0 amide bonds. The number of hydrogen-bond donors (Lipinski definition) is 1. The summed E-state index contributed by atoms with van der Waals surface area (Å²) in [5, 5.41) is 13.9. The number of halogens is 2. The van der Waals surface area contributed by atoms with E-state index in [0.717, 1.165) is 22.0 Å². The van der Waals surface area contributed by atoms with E-state index in [9.17, 15) is 0 Å². The topological polar surface area (TPSA) is 56.3 Å². The van der Waals surface area contributed by atoms with Gasteiger partial charge in [0.1, 0.15) is 18.1 Å².